The SMILES string of the molecule is Cc1cc(-c2cncnc2-c2ccc3c(ccn3C)c2)c2c(n1)C1=C(CCNC1)C2C. The molecule has 0 bridgehead atoms. The average Bonchev–Trinajstić information content (AvgIpc) is 3.31. The number of nitrogens with one attached hydrogen (secondary N) is 1. The highest BCUT2D eigenvalue weighted by molar-refractivity contribution is 5.91. The minimum Gasteiger partial charge on any atom is -0.351 e. The lowest BCUT2D eigenvalue weighted by Crippen LogP contribution is -2.23. The van der Waals surface area contributed by atoms with Gasteiger partial charge in [-0.05, 0) is 60.9 Å². The minimum atomic E-state index is 0.375. The number of hydrogen-bond acceptors (Lipinski definition) is 4. The highest BCUT2D eigenvalue weighted by Crippen LogP contribution is 2.48. The summed E-state index contributed by atoms with van der Waals surface area (Å²) in [6.45, 7) is 6.36. The summed E-state index contributed by atoms with van der Waals surface area (Å²) in [6, 6.07) is 10.9. The van der Waals surface area contributed by atoms with Gasteiger partial charge in [-0.1, -0.05) is 18.6 Å². The smallest absolute Gasteiger partial charge is 0.116 e. The third-order valence-corrected chi connectivity index (χ3v) is 6.85. The van der Waals surface area contributed by atoms with Gasteiger partial charge in [0.15, 0.2) is 0 Å². The van der Waals surface area contributed by atoms with E-state index >= 15 is 0 Å². The maximum Gasteiger partial charge on any atom is 0.116 e. The summed E-state index contributed by atoms with van der Waals surface area (Å²) in [4.78, 5) is 14.1. The van der Waals surface area contributed by atoms with Crippen molar-refractivity contribution in [3.8, 4) is 22.4 Å². The number of rotatable bonds is 2. The second-order valence-corrected chi connectivity index (χ2v) is 8.71. The maximum atomic E-state index is 4.98. The molecule has 154 valence electrons. The fourth-order valence-electron chi connectivity index (χ4n) is 5.35. The van der Waals surface area contributed by atoms with Crippen molar-refractivity contribution in [2.24, 2.45) is 7.05 Å². The number of aryl methyl sites for hydroxylation is 2. The van der Waals surface area contributed by atoms with E-state index in [1.54, 1.807) is 6.33 Å². The van der Waals surface area contributed by atoms with Crippen LogP contribution in [0.25, 0.3) is 38.9 Å². The Morgan fingerprint density at radius 1 is 1.10 bits per heavy atom. The molecule has 2 aliphatic rings. The van der Waals surface area contributed by atoms with Crippen LogP contribution in [0.5, 0.6) is 0 Å². The van der Waals surface area contributed by atoms with Crippen LogP contribution < -0.4 is 5.32 Å². The molecule has 0 amide bonds. The van der Waals surface area contributed by atoms with Crippen LogP contribution in [0.4, 0.5) is 0 Å². The summed E-state index contributed by atoms with van der Waals surface area (Å²) in [5.74, 6) is 0.375. The Morgan fingerprint density at radius 3 is 2.90 bits per heavy atom. The van der Waals surface area contributed by atoms with E-state index in [0.717, 1.165) is 47.7 Å². The number of hydrogen-bond donors (Lipinski definition) is 1. The zero-order valence-electron chi connectivity index (χ0n) is 18.1. The molecule has 0 fully saturated rings. The number of fused-ring (bicyclic) bond motifs is 3. The summed E-state index contributed by atoms with van der Waals surface area (Å²) in [7, 11) is 2.08. The quantitative estimate of drug-likeness (QED) is 0.515. The summed E-state index contributed by atoms with van der Waals surface area (Å²) in [6.07, 6.45) is 6.81. The highest BCUT2D eigenvalue weighted by Gasteiger charge is 2.34. The van der Waals surface area contributed by atoms with Gasteiger partial charge in [0, 0.05) is 59.6 Å². The van der Waals surface area contributed by atoms with Crippen LogP contribution in [0.15, 0.2) is 54.6 Å². The first kappa shape index (κ1) is 18.5. The van der Waals surface area contributed by atoms with Crippen LogP contribution >= 0.6 is 0 Å². The molecule has 1 aromatic carbocycles. The number of benzene rings is 1. The first-order chi connectivity index (χ1) is 15.1. The Kier molecular flexibility index (Phi) is 4.08. The van der Waals surface area contributed by atoms with E-state index in [1.807, 2.05) is 6.20 Å². The molecular weight excluding hydrogens is 382 g/mol. The third kappa shape index (κ3) is 2.77. The first-order valence-electron chi connectivity index (χ1n) is 10.9. The van der Waals surface area contributed by atoms with Crippen molar-refractivity contribution in [3.63, 3.8) is 0 Å². The normalized spacial score (nSPS) is 17.8. The largest absolute Gasteiger partial charge is 0.351 e. The number of nitrogens with zero attached hydrogens (tertiary/aromatic N) is 4. The van der Waals surface area contributed by atoms with Gasteiger partial charge in [0.25, 0.3) is 0 Å². The van der Waals surface area contributed by atoms with Gasteiger partial charge in [-0.2, -0.15) is 0 Å². The molecule has 6 rings (SSSR count). The van der Waals surface area contributed by atoms with Crippen molar-refractivity contribution in [2.45, 2.75) is 26.2 Å². The molecule has 1 atom stereocenters. The molecule has 0 saturated heterocycles. The molecule has 1 aliphatic heterocycles. The predicted molar refractivity (Wildman–Crippen MR) is 125 cm³/mol. The van der Waals surface area contributed by atoms with E-state index in [0.29, 0.717) is 5.92 Å². The van der Waals surface area contributed by atoms with E-state index in [2.05, 4.69) is 72.3 Å². The Bertz CT molecular complexity index is 1380. The summed E-state index contributed by atoms with van der Waals surface area (Å²) in [5, 5.41) is 4.75. The second kappa shape index (κ2) is 6.86. The van der Waals surface area contributed by atoms with Gasteiger partial charge in [-0.3, -0.25) is 4.98 Å². The van der Waals surface area contributed by atoms with Gasteiger partial charge in [-0.25, -0.2) is 9.97 Å². The summed E-state index contributed by atoms with van der Waals surface area (Å²) in [5.41, 5.74) is 12.1. The molecule has 1 N–H and O–H groups in total. The molecule has 4 aromatic rings. The number of pyridine rings is 1. The maximum absolute atomic E-state index is 4.98. The van der Waals surface area contributed by atoms with E-state index in [1.165, 1.54) is 33.2 Å². The van der Waals surface area contributed by atoms with Gasteiger partial charge < -0.3 is 9.88 Å². The molecule has 1 aliphatic carbocycles. The number of aromatic nitrogens is 4. The van der Waals surface area contributed by atoms with Gasteiger partial charge in [0.1, 0.15) is 6.33 Å². The van der Waals surface area contributed by atoms with Gasteiger partial charge >= 0.3 is 0 Å². The van der Waals surface area contributed by atoms with Crippen molar-refractivity contribution < 1.29 is 0 Å². The molecular formula is C26H25N5. The summed E-state index contributed by atoms with van der Waals surface area (Å²) >= 11 is 0. The fraction of sp³-hybridized carbons (Fsp3) is 0.269. The zero-order valence-corrected chi connectivity index (χ0v) is 18.1. The lowest BCUT2D eigenvalue weighted by Gasteiger charge is -2.18. The molecule has 5 heteroatoms. The Labute approximate surface area is 181 Å². The molecule has 1 unspecified atom stereocenters. The Morgan fingerprint density at radius 2 is 2.00 bits per heavy atom. The van der Waals surface area contributed by atoms with Crippen molar-refractivity contribution in [1.29, 1.82) is 0 Å². The van der Waals surface area contributed by atoms with E-state index < -0.39 is 0 Å². The first-order valence-corrected chi connectivity index (χ1v) is 10.9. The lowest BCUT2D eigenvalue weighted by molar-refractivity contribution is 0.689. The summed E-state index contributed by atoms with van der Waals surface area (Å²) < 4.78 is 2.14. The second-order valence-electron chi connectivity index (χ2n) is 8.71. The van der Waals surface area contributed by atoms with Crippen molar-refractivity contribution in [3.05, 3.63) is 71.6 Å². The van der Waals surface area contributed by atoms with Gasteiger partial charge in [-0.15, -0.1) is 0 Å². The molecule has 4 heterocycles. The van der Waals surface area contributed by atoms with Crippen LogP contribution in [-0.4, -0.2) is 32.6 Å². The standard InChI is InChI=1S/C26H25N5/c1-15-10-20(24-16(2)19-6-8-27-12-21(19)26(24)30-15)22-13-28-14-29-25(22)18-4-5-23-17(11-18)7-9-31(23)3/h4-5,7,9-11,13-14,16,27H,6,8,12H2,1-3H3. The third-order valence-electron chi connectivity index (χ3n) is 6.85. The fourth-order valence-corrected chi connectivity index (χ4v) is 5.35. The zero-order chi connectivity index (χ0) is 21.1. The molecule has 0 spiro atoms. The Hall–Kier alpha value is -3.31. The van der Waals surface area contributed by atoms with E-state index in [-0.39, 0.29) is 0 Å². The van der Waals surface area contributed by atoms with Crippen LogP contribution in [0.2, 0.25) is 0 Å². The molecule has 31 heavy (non-hydrogen) atoms. The molecule has 3 aromatic heterocycles. The Balaban J connectivity index is 1.56. The highest BCUT2D eigenvalue weighted by atomic mass is 14.9. The van der Waals surface area contributed by atoms with E-state index in [4.69, 9.17) is 9.97 Å². The van der Waals surface area contributed by atoms with Crippen LogP contribution in [0.1, 0.15) is 36.2 Å². The van der Waals surface area contributed by atoms with Crippen molar-refractivity contribution >= 4 is 16.5 Å². The minimum absolute atomic E-state index is 0.375. The van der Waals surface area contributed by atoms with E-state index in [9.17, 15) is 0 Å². The monoisotopic (exact) mass is 407 g/mol. The van der Waals surface area contributed by atoms with Gasteiger partial charge in [0.2, 0.25) is 0 Å². The molecule has 5 nitrogen and oxygen atoms in total. The molecule has 0 radical (unpaired) electrons. The average molecular weight is 408 g/mol. The van der Waals surface area contributed by atoms with Crippen LogP contribution in [-0.2, 0) is 7.05 Å². The lowest BCUT2D eigenvalue weighted by atomic mass is 9.88. The molecule has 0 saturated carbocycles. The van der Waals surface area contributed by atoms with Gasteiger partial charge in [0.05, 0.1) is 11.4 Å². The van der Waals surface area contributed by atoms with Crippen molar-refractivity contribution in [1.82, 2.24) is 24.8 Å². The van der Waals surface area contributed by atoms with Crippen molar-refractivity contribution in [2.75, 3.05) is 13.1 Å². The predicted octanol–water partition coefficient (Wildman–Crippen LogP) is 4.87. The van der Waals surface area contributed by atoms with Crippen LogP contribution in [0, 0.1) is 6.92 Å². The van der Waals surface area contributed by atoms with Crippen LogP contribution in [0.3, 0.4) is 0 Å². The topological polar surface area (TPSA) is 55.6 Å².